The van der Waals surface area contributed by atoms with Gasteiger partial charge in [0.1, 0.15) is 0 Å². The van der Waals surface area contributed by atoms with Gasteiger partial charge in [-0.05, 0) is 38.3 Å². The minimum absolute atomic E-state index is 0.306. The second-order valence-electron chi connectivity index (χ2n) is 1.67. The molecule has 1 heterocycles. The van der Waals surface area contributed by atoms with Gasteiger partial charge in [-0.25, -0.2) is 0 Å². The molecular weight excluding hydrogens is 304 g/mol. The van der Waals surface area contributed by atoms with E-state index < -0.39 is 0 Å². The van der Waals surface area contributed by atoms with Gasteiger partial charge in [0.05, 0.1) is 11.4 Å². The summed E-state index contributed by atoms with van der Waals surface area (Å²) in [5, 5.41) is 0. The summed E-state index contributed by atoms with van der Waals surface area (Å²) in [4.78, 5) is 0.384. The molecule has 8 heavy (non-hydrogen) atoms. The van der Waals surface area contributed by atoms with E-state index in [2.05, 4.69) is 47.8 Å². The van der Waals surface area contributed by atoms with Crippen molar-refractivity contribution < 1.29 is 4.74 Å². The fourth-order valence-electron chi connectivity index (χ4n) is 0.557. The molecule has 0 N–H and O–H groups in total. The Kier molecular flexibility index (Phi) is 2.40. The number of alkyl halides is 3. The summed E-state index contributed by atoms with van der Waals surface area (Å²) in [6, 6.07) is 0. The Hall–Kier alpha value is 1.40. The standard InChI is InChI=1S/C4H5Br3O/c5-3-1-2-8-4(3,6)7/h3H,1-2H2. The van der Waals surface area contributed by atoms with Gasteiger partial charge in [-0.3, -0.25) is 0 Å². The average molecular weight is 309 g/mol. The van der Waals surface area contributed by atoms with E-state index in [4.69, 9.17) is 4.74 Å². The number of halogens is 3. The van der Waals surface area contributed by atoms with Crippen molar-refractivity contribution in [3.63, 3.8) is 0 Å². The Morgan fingerprint density at radius 3 is 2.25 bits per heavy atom. The van der Waals surface area contributed by atoms with Crippen LogP contribution in [0.25, 0.3) is 0 Å². The van der Waals surface area contributed by atoms with Crippen molar-refractivity contribution in [3.05, 3.63) is 0 Å². The molecular formula is C4H5Br3O. The van der Waals surface area contributed by atoms with Gasteiger partial charge in [-0.2, -0.15) is 0 Å². The molecule has 1 aliphatic heterocycles. The third-order valence-electron chi connectivity index (χ3n) is 1.03. The number of ether oxygens (including phenoxy) is 1. The van der Waals surface area contributed by atoms with E-state index in [9.17, 15) is 0 Å². The highest BCUT2D eigenvalue weighted by Crippen LogP contribution is 2.42. The highest BCUT2D eigenvalue weighted by Gasteiger charge is 2.37. The maximum Gasteiger partial charge on any atom is 0.190 e. The van der Waals surface area contributed by atoms with Gasteiger partial charge < -0.3 is 4.74 Å². The summed E-state index contributed by atoms with van der Waals surface area (Å²) in [5.74, 6) is 0. The molecule has 0 aliphatic carbocycles. The Balaban J connectivity index is 2.54. The molecule has 1 fully saturated rings. The van der Waals surface area contributed by atoms with Crippen molar-refractivity contribution in [2.45, 2.75) is 14.7 Å². The third kappa shape index (κ3) is 1.46. The lowest BCUT2D eigenvalue weighted by Crippen LogP contribution is -2.18. The SMILES string of the molecule is BrC1CCOC1(Br)Br. The van der Waals surface area contributed by atoms with Crippen molar-refractivity contribution in [1.29, 1.82) is 0 Å². The predicted molar refractivity (Wildman–Crippen MR) is 43.9 cm³/mol. The van der Waals surface area contributed by atoms with Crippen molar-refractivity contribution in [1.82, 2.24) is 0 Å². The molecule has 0 spiro atoms. The maximum absolute atomic E-state index is 5.24. The van der Waals surface area contributed by atoms with Gasteiger partial charge in [-0.1, -0.05) is 15.9 Å². The molecule has 0 aromatic rings. The molecule has 1 aliphatic rings. The van der Waals surface area contributed by atoms with Crippen LogP contribution in [-0.4, -0.2) is 14.9 Å². The number of hydrogen-bond donors (Lipinski definition) is 0. The maximum atomic E-state index is 5.24. The Bertz CT molecular complexity index is 93.3. The number of hydrogen-bond acceptors (Lipinski definition) is 1. The molecule has 48 valence electrons. The minimum atomic E-state index is -0.306. The molecule has 1 unspecified atom stereocenters. The summed E-state index contributed by atoms with van der Waals surface area (Å²) in [6.45, 7) is 0.812. The predicted octanol–water partition coefficient (Wildman–Crippen LogP) is 2.61. The van der Waals surface area contributed by atoms with Crippen LogP contribution in [0, 0.1) is 0 Å². The van der Waals surface area contributed by atoms with Crippen molar-refractivity contribution in [2.75, 3.05) is 6.61 Å². The molecule has 1 saturated heterocycles. The fourth-order valence-corrected chi connectivity index (χ4v) is 1.66. The van der Waals surface area contributed by atoms with Gasteiger partial charge in [0.25, 0.3) is 0 Å². The van der Waals surface area contributed by atoms with Gasteiger partial charge >= 0.3 is 0 Å². The molecule has 0 aromatic heterocycles. The van der Waals surface area contributed by atoms with Gasteiger partial charge in [0, 0.05) is 0 Å². The minimum Gasteiger partial charge on any atom is -0.352 e. The summed E-state index contributed by atoms with van der Waals surface area (Å²) in [6.07, 6.45) is 1.05. The van der Waals surface area contributed by atoms with Crippen LogP contribution in [0.2, 0.25) is 0 Å². The van der Waals surface area contributed by atoms with E-state index in [1.165, 1.54) is 0 Å². The second-order valence-corrected chi connectivity index (χ2v) is 6.19. The van der Waals surface area contributed by atoms with E-state index in [0.29, 0.717) is 4.83 Å². The van der Waals surface area contributed by atoms with Gasteiger partial charge in [0.2, 0.25) is 0 Å². The van der Waals surface area contributed by atoms with E-state index in [1.54, 1.807) is 0 Å². The first kappa shape index (κ1) is 7.51. The molecule has 1 nitrogen and oxygen atoms in total. The first-order valence-electron chi connectivity index (χ1n) is 2.29. The third-order valence-corrected chi connectivity index (χ3v) is 4.92. The summed E-state index contributed by atoms with van der Waals surface area (Å²) < 4.78 is 4.93. The van der Waals surface area contributed by atoms with Crippen LogP contribution in [0.3, 0.4) is 0 Å². The zero-order valence-electron chi connectivity index (χ0n) is 4.03. The lowest BCUT2D eigenvalue weighted by atomic mass is 10.4. The lowest BCUT2D eigenvalue weighted by molar-refractivity contribution is 0.162. The lowest BCUT2D eigenvalue weighted by Gasteiger charge is -2.14. The molecule has 0 aromatic carbocycles. The molecule has 0 saturated carbocycles. The first-order valence-corrected chi connectivity index (χ1v) is 4.79. The summed E-state index contributed by atoms with van der Waals surface area (Å²) >= 11 is 10.2. The Labute approximate surface area is 73.5 Å². The van der Waals surface area contributed by atoms with E-state index in [0.717, 1.165) is 13.0 Å². The van der Waals surface area contributed by atoms with Crippen LogP contribution < -0.4 is 0 Å². The Morgan fingerprint density at radius 1 is 1.50 bits per heavy atom. The van der Waals surface area contributed by atoms with Crippen LogP contribution in [-0.2, 0) is 4.74 Å². The van der Waals surface area contributed by atoms with Crippen molar-refractivity contribution in [3.8, 4) is 0 Å². The summed E-state index contributed by atoms with van der Waals surface area (Å²) in [7, 11) is 0. The normalized spacial score (nSPS) is 35.6. The van der Waals surface area contributed by atoms with Crippen molar-refractivity contribution in [2.24, 2.45) is 0 Å². The van der Waals surface area contributed by atoms with E-state index >= 15 is 0 Å². The van der Waals surface area contributed by atoms with E-state index in [-0.39, 0.29) is 3.42 Å². The molecule has 1 atom stereocenters. The fraction of sp³-hybridized carbons (Fsp3) is 1.00. The van der Waals surface area contributed by atoms with Gasteiger partial charge in [-0.15, -0.1) is 0 Å². The molecule has 0 bridgehead atoms. The topological polar surface area (TPSA) is 9.23 Å². The smallest absolute Gasteiger partial charge is 0.190 e. The zero-order valence-corrected chi connectivity index (χ0v) is 8.79. The Morgan fingerprint density at radius 2 is 2.12 bits per heavy atom. The molecule has 0 amide bonds. The zero-order chi connectivity index (χ0) is 6.20. The van der Waals surface area contributed by atoms with Crippen LogP contribution in [0.5, 0.6) is 0 Å². The second kappa shape index (κ2) is 2.56. The van der Waals surface area contributed by atoms with E-state index in [1.807, 2.05) is 0 Å². The van der Waals surface area contributed by atoms with Crippen molar-refractivity contribution >= 4 is 47.8 Å². The molecule has 4 heteroatoms. The average Bonchev–Trinajstić information content (AvgIpc) is 1.86. The van der Waals surface area contributed by atoms with Crippen LogP contribution >= 0.6 is 47.8 Å². The van der Waals surface area contributed by atoms with Gasteiger partial charge in [0.15, 0.2) is 3.42 Å². The molecule has 1 rings (SSSR count). The van der Waals surface area contributed by atoms with Crippen LogP contribution in [0.1, 0.15) is 6.42 Å². The summed E-state index contributed by atoms with van der Waals surface area (Å²) in [5.41, 5.74) is 0. The first-order chi connectivity index (χ1) is 3.63. The largest absolute Gasteiger partial charge is 0.352 e. The highest BCUT2D eigenvalue weighted by molar-refractivity contribution is 9.26. The monoisotopic (exact) mass is 306 g/mol. The molecule has 0 radical (unpaired) electrons. The number of rotatable bonds is 0. The highest BCUT2D eigenvalue weighted by atomic mass is 79.9. The van der Waals surface area contributed by atoms with Crippen LogP contribution in [0.4, 0.5) is 0 Å². The quantitative estimate of drug-likeness (QED) is 0.625. The van der Waals surface area contributed by atoms with Crippen LogP contribution in [0.15, 0.2) is 0 Å².